The first-order valence-electron chi connectivity index (χ1n) is 4.94. The van der Waals surface area contributed by atoms with Crippen molar-refractivity contribution < 1.29 is 9.53 Å². The van der Waals surface area contributed by atoms with E-state index >= 15 is 0 Å². The molecule has 0 atom stereocenters. The lowest BCUT2D eigenvalue weighted by Crippen LogP contribution is -2.01. The van der Waals surface area contributed by atoms with Crippen LogP contribution in [0.5, 0.6) is 5.75 Å². The molecule has 1 aliphatic rings. The third kappa shape index (κ3) is 1.92. The molecule has 0 N–H and O–H groups in total. The monoisotopic (exact) mass is 191 g/mol. The Balaban J connectivity index is 2.26. The molecule has 0 aromatic carbocycles. The van der Waals surface area contributed by atoms with Crippen LogP contribution in [-0.2, 0) is 6.42 Å². The lowest BCUT2D eigenvalue weighted by atomic mass is 10.2. The summed E-state index contributed by atoms with van der Waals surface area (Å²) in [5.41, 5.74) is 1.51. The van der Waals surface area contributed by atoms with Crippen LogP contribution < -0.4 is 4.74 Å². The molecular formula is C11H13NO2. The maximum absolute atomic E-state index is 10.5. The highest BCUT2D eigenvalue weighted by Gasteiger charge is 2.24. The molecule has 1 heterocycles. The van der Waals surface area contributed by atoms with E-state index in [1.165, 1.54) is 0 Å². The Morgan fingerprint density at radius 3 is 3.00 bits per heavy atom. The standard InChI is InChI=1S/C11H13NO2/c1-2-8-6-12-9(7-13)5-11(8)14-10-3-4-10/h5-7,10H,2-4H2,1H3. The van der Waals surface area contributed by atoms with Gasteiger partial charge in [-0.1, -0.05) is 6.92 Å². The van der Waals surface area contributed by atoms with Crippen LogP contribution in [0.2, 0.25) is 0 Å². The quantitative estimate of drug-likeness (QED) is 0.683. The second-order valence-electron chi connectivity index (χ2n) is 3.51. The number of aldehydes is 1. The van der Waals surface area contributed by atoms with Crippen molar-refractivity contribution in [3.63, 3.8) is 0 Å². The molecule has 1 aliphatic carbocycles. The molecule has 2 rings (SSSR count). The van der Waals surface area contributed by atoms with Gasteiger partial charge in [0.1, 0.15) is 11.4 Å². The van der Waals surface area contributed by atoms with E-state index in [2.05, 4.69) is 11.9 Å². The van der Waals surface area contributed by atoms with Crippen molar-refractivity contribution in [2.45, 2.75) is 32.3 Å². The molecule has 0 bridgehead atoms. The summed E-state index contributed by atoms with van der Waals surface area (Å²) in [4.78, 5) is 14.5. The normalized spacial score (nSPS) is 15.2. The van der Waals surface area contributed by atoms with Crippen LogP contribution in [0, 0.1) is 0 Å². The Bertz CT molecular complexity index is 345. The Morgan fingerprint density at radius 1 is 1.64 bits per heavy atom. The van der Waals surface area contributed by atoms with E-state index in [0.717, 1.165) is 36.9 Å². The number of rotatable bonds is 4. The molecule has 0 radical (unpaired) electrons. The summed E-state index contributed by atoms with van der Waals surface area (Å²) >= 11 is 0. The minimum Gasteiger partial charge on any atom is -0.490 e. The fourth-order valence-corrected chi connectivity index (χ4v) is 1.29. The van der Waals surface area contributed by atoms with Crippen molar-refractivity contribution in [2.75, 3.05) is 0 Å². The fraction of sp³-hybridized carbons (Fsp3) is 0.455. The molecule has 1 aromatic heterocycles. The zero-order valence-electron chi connectivity index (χ0n) is 8.19. The van der Waals surface area contributed by atoms with E-state index < -0.39 is 0 Å². The van der Waals surface area contributed by atoms with Crippen LogP contribution >= 0.6 is 0 Å². The molecule has 14 heavy (non-hydrogen) atoms. The smallest absolute Gasteiger partial charge is 0.168 e. The second kappa shape index (κ2) is 3.78. The Morgan fingerprint density at radius 2 is 2.43 bits per heavy atom. The summed E-state index contributed by atoms with van der Waals surface area (Å²) in [6.07, 6.45) is 5.97. The van der Waals surface area contributed by atoms with Gasteiger partial charge in [0.25, 0.3) is 0 Å². The number of hydrogen-bond acceptors (Lipinski definition) is 3. The van der Waals surface area contributed by atoms with Crippen LogP contribution in [0.1, 0.15) is 35.8 Å². The van der Waals surface area contributed by atoms with Crippen LogP contribution in [0.4, 0.5) is 0 Å². The SMILES string of the molecule is CCc1cnc(C=O)cc1OC1CC1. The average Bonchev–Trinajstić information content (AvgIpc) is 3.01. The highest BCUT2D eigenvalue weighted by atomic mass is 16.5. The fourth-order valence-electron chi connectivity index (χ4n) is 1.29. The molecule has 0 spiro atoms. The summed E-state index contributed by atoms with van der Waals surface area (Å²) in [6.45, 7) is 2.05. The first kappa shape index (κ1) is 9.19. The van der Waals surface area contributed by atoms with Crippen LogP contribution in [0.15, 0.2) is 12.3 Å². The molecule has 1 fully saturated rings. The van der Waals surface area contributed by atoms with Crippen molar-refractivity contribution in [1.82, 2.24) is 4.98 Å². The topological polar surface area (TPSA) is 39.2 Å². The minimum atomic E-state index is 0.363. The largest absolute Gasteiger partial charge is 0.490 e. The van der Waals surface area contributed by atoms with Gasteiger partial charge in [0.05, 0.1) is 6.10 Å². The Kier molecular flexibility index (Phi) is 2.48. The maximum atomic E-state index is 10.5. The average molecular weight is 191 g/mol. The van der Waals surface area contributed by atoms with Gasteiger partial charge in [-0.15, -0.1) is 0 Å². The molecule has 0 saturated heterocycles. The highest BCUT2D eigenvalue weighted by Crippen LogP contribution is 2.29. The van der Waals surface area contributed by atoms with Crippen LogP contribution in [-0.4, -0.2) is 17.4 Å². The van der Waals surface area contributed by atoms with Gasteiger partial charge in [-0.2, -0.15) is 0 Å². The Hall–Kier alpha value is -1.38. The predicted molar refractivity (Wildman–Crippen MR) is 52.7 cm³/mol. The zero-order chi connectivity index (χ0) is 9.97. The lowest BCUT2D eigenvalue weighted by molar-refractivity contribution is 0.111. The van der Waals surface area contributed by atoms with Crippen molar-refractivity contribution in [1.29, 1.82) is 0 Å². The van der Waals surface area contributed by atoms with E-state index in [4.69, 9.17) is 4.74 Å². The number of ether oxygens (including phenoxy) is 1. The van der Waals surface area contributed by atoms with Crippen molar-refractivity contribution in [3.05, 3.63) is 23.5 Å². The number of carbonyl (C=O) groups is 1. The van der Waals surface area contributed by atoms with Gasteiger partial charge in [-0.3, -0.25) is 9.78 Å². The van der Waals surface area contributed by atoms with E-state index in [1.54, 1.807) is 12.3 Å². The third-order valence-electron chi connectivity index (χ3n) is 2.28. The van der Waals surface area contributed by atoms with Gasteiger partial charge >= 0.3 is 0 Å². The first-order chi connectivity index (χ1) is 6.83. The molecule has 74 valence electrons. The molecular weight excluding hydrogens is 178 g/mol. The summed E-state index contributed by atoms with van der Waals surface area (Å²) in [7, 11) is 0. The number of nitrogens with zero attached hydrogens (tertiary/aromatic N) is 1. The van der Waals surface area contributed by atoms with Gasteiger partial charge in [-0.05, 0) is 19.3 Å². The van der Waals surface area contributed by atoms with E-state index in [0.29, 0.717) is 11.8 Å². The van der Waals surface area contributed by atoms with Gasteiger partial charge in [0, 0.05) is 17.8 Å². The second-order valence-corrected chi connectivity index (χ2v) is 3.51. The van der Waals surface area contributed by atoms with Gasteiger partial charge in [0.2, 0.25) is 0 Å². The zero-order valence-corrected chi connectivity index (χ0v) is 8.19. The van der Waals surface area contributed by atoms with E-state index in [9.17, 15) is 4.79 Å². The maximum Gasteiger partial charge on any atom is 0.168 e. The minimum absolute atomic E-state index is 0.363. The summed E-state index contributed by atoms with van der Waals surface area (Å²) < 4.78 is 5.69. The van der Waals surface area contributed by atoms with Crippen LogP contribution in [0.3, 0.4) is 0 Å². The molecule has 3 nitrogen and oxygen atoms in total. The van der Waals surface area contributed by atoms with Gasteiger partial charge in [0.15, 0.2) is 6.29 Å². The first-order valence-corrected chi connectivity index (χ1v) is 4.94. The van der Waals surface area contributed by atoms with Gasteiger partial charge < -0.3 is 4.74 Å². The van der Waals surface area contributed by atoms with E-state index in [1.807, 2.05) is 0 Å². The predicted octanol–water partition coefficient (Wildman–Crippen LogP) is 2.00. The van der Waals surface area contributed by atoms with E-state index in [-0.39, 0.29) is 0 Å². The number of aromatic nitrogens is 1. The summed E-state index contributed by atoms with van der Waals surface area (Å²) in [5.74, 6) is 0.826. The lowest BCUT2D eigenvalue weighted by Gasteiger charge is -2.09. The van der Waals surface area contributed by atoms with Gasteiger partial charge in [-0.25, -0.2) is 0 Å². The molecule has 0 unspecified atom stereocenters. The Labute approximate surface area is 83.1 Å². The number of pyridine rings is 1. The number of aryl methyl sites for hydroxylation is 1. The summed E-state index contributed by atoms with van der Waals surface area (Å²) in [6, 6.07) is 1.73. The van der Waals surface area contributed by atoms with Crippen molar-refractivity contribution >= 4 is 6.29 Å². The summed E-state index contributed by atoms with van der Waals surface area (Å²) in [5, 5.41) is 0. The number of carbonyl (C=O) groups excluding carboxylic acids is 1. The third-order valence-corrected chi connectivity index (χ3v) is 2.28. The molecule has 1 aromatic rings. The molecule has 3 heteroatoms. The molecule has 0 aliphatic heterocycles. The molecule has 0 amide bonds. The van der Waals surface area contributed by atoms with Crippen molar-refractivity contribution in [2.24, 2.45) is 0 Å². The van der Waals surface area contributed by atoms with Crippen molar-refractivity contribution in [3.8, 4) is 5.75 Å². The molecule has 1 saturated carbocycles. The highest BCUT2D eigenvalue weighted by molar-refractivity contribution is 5.72. The number of hydrogen-bond donors (Lipinski definition) is 0. The van der Waals surface area contributed by atoms with Crippen LogP contribution in [0.25, 0.3) is 0 Å².